The van der Waals surface area contributed by atoms with E-state index >= 15 is 0 Å². The summed E-state index contributed by atoms with van der Waals surface area (Å²) in [6, 6.07) is 22.5. The summed E-state index contributed by atoms with van der Waals surface area (Å²) in [6.07, 6.45) is 13.0. The molecule has 2 aromatic heterocycles. The molecule has 0 radical (unpaired) electrons. The molecule has 18 heteroatoms. The molecule has 1 aliphatic carbocycles. The number of aromatic amines is 1. The Morgan fingerprint density at radius 3 is 2.56 bits per heavy atom. The number of nitrogens with one attached hydrogen (secondary N) is 3. The zero-order valence-electron chi connectivity index (χ0n) is 40.0. The van der Waals surface area contributed by atoms with Crippen LogP contribution < -0.4 is 29.3 Å². The number of hydrogen-bond acceptors (Lipinski definition) is 14. The van der Waals surface area contributed by atoms with Gasteiger partial charge in [-0.15, -0.1) is 0 Å². The van der Waals surface area contributed by atoms with Crippen LogP contribution in [0.5, 0.6) is 11.6 Å². The molecule has 6 aliphatic heterocycles. The van der Waals surface area contributed by atoms with Gasteiger partial charge in [0, 0.05) is 93.3 Å². The predicted molar refractivity (Wildman–Crippen MR) is 268 cm³/mol. The number of aromatic nitrogens is 2. The number of ether oxygens (including phenoxy) is 4. The lowest BCUT2D eigenvalue weighted by molar-refractivity contribution is -0.384. The molecule has 3 aromatic carbocycles. The van der Waals surface area contributed by atoms with E-state index in [1.165, 1.54) is 49.8 Å². The number of piperidine rings is 2. The number of rotatable bonds is 10. The number of sulfonamides is 1. The standard InChI is InChI=1S/C53H62N8O9S/c62-50(57-71(65,66)40-8-10-43(45(29-40)61(63)64)55-32-35-12-23-67-24-13-35)41-9-7-38(28-44(41)59-33-37-14-25-68-34-48(37)70-51-46(59)27-36-11-19-54-49(36)56-51)58-21-16-52(17-22-58)30-39(31-52)60-20-4-3-15-53(60)18-26-69-47-6-2-1-5-42(47)53/h1-2,5-11,19,27-29,35,37,39,48,55H,3-4,12-18,20-26,30-34H2,(H,54,56)(H,57,62)/t37-,48+,53-/m1/s1. The van der Waals surface area contributed by atoms with Gasteiger partial charge in [0.2, 0.25) is 5.88 Å². The number of hydrogen-bond donors (Lipinski definition) is 3. The largest absolute Gasteiger partial charge is 0.493 e. The monoisotopic (exact) mass is 986 g/mol. The van der Waals surface area contributed by atoms with Gasteiger partial charge in [-0.05, 0) is 131 Å². The molecule has 3 atom stereocenters. The molecule has 7 aliphatic rings. The van der Waals surface area contributed by atoms with Crippen LogP contribution in [-0.2, 0) is 25.0 Å². The molecule has 0 bridgehead atoms. The first-order valence-electron chi connectivity index (χ1n) is 25.6. The van der Waals surface area contributed by atoms with Crippen molar-refractivity contribution in [2.75, 3.05) is 80.9 Å². The lowest BCUT2D eigenvalue weighted by atomic mass is 9.58. The van der Waals surface area contributed by atoms with Crippen LogP contribution in [-0.4, -0.2) is 112 Å². The highest BCUT2D eigenvalue weighted by atomic mass is 32.2. The molecule has 5 fully saturated rings. The number of benzene rings is 3. The molecule has 374 valence electrons. The summed E-state index contributed by atoms with van der Waals surface area (Å²) in [5, 5.41) is 16.3. The Morgan fingerprint density at radius 1 is 0.887 bits per heavy atom. The highest BCUT2D eigenvalue weighted by Gasteiger charge is 2.54. The van der Waals surface area contributed by atoms with Crippen molar-refractivity contribution in [3.05, 3.63) is 100 Å². The molecule has 17 nitrogen and oxygen atoms in total. The lowest BCUT2D eigenvalue weighted by Gasteiger charge is -2.61. The van der Waals surface area contributed by atoms with Crippen LogP contribution in [0.25, 0.3) is 11.0 Å². The number of amides is 1. The molecule has 4 saturated heterocycles. The van der Waals surface area contributed by atoms with Crippen LogP contribution >= 0.6 is 0 Å². The van der Waals surface area contributed by atoms with E-state index in [0.29, 0.717) is 68.5 Å². The molecule has 0 unspecified atom stereocenters. The van der Waals surface area contributed by atoms with Crippen molar-refractivity contribution in [2.45, 2.75) is 93.2 Å². The van der Waals surface area contributed by atoms with E-state index in [1.54, 1.807) is 6.07 Å². The molecule has 1 saturated carbocycles. The average Bonchev–Trinajstić information content (AvgIpc) is 3.78. The first-order valence-corrected chi connectivity index (χ1v) is 27.1. The minimum absolute atomic E-state index is 0.00813. The molecule has 3 N–H and O–H groups in total. The SMILES string of the molecule is O=C(NS(=O)(=O)c1ccc(NCC2CCOCC2)c([N+](=O)[O-])c1)c1ccc(N2CCC3(CC2)CC(N2CCCC[C@]24CCOc2ccccc24)C3)cc1N1C[C@H]2CCOC[C@@H]2Oc2nc3[nH]ccc3cc21. The Kier molecular flexibility index (Phi) is 12.1. The highest BCUT2D eigenvalue weighted by Crippen LogP contribution is 2.57. The minimum Gasteiger partial charge on any atom is -0.493 e. The number of nitro groups is 1. The Hall–Kier alpha value is -5.95. The minimum atomic E-state index is -4.59. The zero-order valence-corrected chi connectivity index (χ0v) is 40.8. The van der Waals surface area contributed by atoms with Gasteiger partial charge in [-0.3, -0.25) is 19.8 Å². The Morgan fingerprint density at radius 2 is 1.72 bits per heavy atom. The third kappa shape index (κ3) is 8.63. The number of carbonyl (C=O) groups is 1. The third-order valence-electron chi connectivity index (χ3n) is 17.0. The number of pyridine rings is 1. The maximum Gasteiger partial charge on any atom is 0.293 e. The van der Waals surface area contributed by atoms with Crippen molar-refractivity contribution >= 4 is 55.4 Å². The van der Waals surface area contributed by atoms with E-state index < -0.39 is 31.4 Å². The second kappa shape index (κ2) is 18.6. The number of nitro benzene ring substituents is 1. The summed E-state index contributed by atoms with van der Waals surface area (Å²) in [6.45, 7) is 6.72. The van der Waals surface area contributed by atoms with E-state index in [-0.39, 0.29) is 40.1 Å². The van der Waals surface area contributed by atoms with Gasteiger partial charge in [-0.2, -0.15) is 4.98 Å². The Labute approximate surface area is 413 Å². The molecule has 2 spiro atoms. The first kappa shape index (κ1) is 46.1. The second-order valence-corrected chi connectivity index (χ2v) is 22.6. The fourth-order valence-corrected chi connectivity index (χ4v) is 14.0. The van der Waals surface area contributed by atoms with Crippen molar-refractivity contribution in [1.29, 1.82) is 0 Å². The summed E-state index contributed by atoms with van der Waals surface area (Å²) in [5.74, 6) is 0.852. The third-order valence-corrected chi connectivity index (χ3v) is 18.3. The van der Waals surface area contributed by atoms with E-state index in [4.69, 9.17) is 23.9 Å². The lowest BCUT2D eigenvalue weighted by Crippen LogP contribution is -2.62. The van der Waals surface area contributed by atoms with Gasteiger partial charge in [-0.1, -0.05) is 18.2 Å². The second-order valence-electron chi connectivity index (χ2n) is 21.0. The van der Waals surface area contributed by atoms with Crippen molar-refractivity contribution in [3.63, 3.8) is 0 Å². The normalized spacial score (nSPS) is 24.7. The van der Waals surface area contributed by atoms with Gasteiger partial charge in [-0.25, -0.2) is 13.1 Å². The first-order chi connectivity index (χ1) is 34.5. The summed E-state index contributed by atoms with van der Waals surface area (Å²) in [7, 11) is -4.59. The molecular formula is C53H62N8O9S. The van der Waals surface area contributed by atoms with Crippen molar-refractivity contribution in [1.82, 2.24) is 19.6 Å². The Balaban J connectivity index is 0.832. The van der Waals surface area contributed by atoms with Gasteiger partial charge in [0.1, 0.15) is 28.9 Å². The van der Waals surface area contributed by atoms with Gasteiger partial charge in [0.05, 0.1) is 39.8 Å². The van der Waals surface area contributed by atoms with E-state index in [1.807, 2.05) is 30.5 Å². The maximum absolute atomic E-state index is 14.7. The number of likely N-dealkylation sites (tertiary alicyclic amines) is 1. The van der Waals surface area contributed by atoms with Crippen molar-refractivity contribution in [2.24, 2.45) is 17.3 Å². The highest BCUT2D eigenvalue weighted by molar-refractivity contribution is 7.90. The number of nitrogens with zero attached hydrogens (tertiary/aromatic N) is 5. The summed E-state index contributed by atoms with van der Waals surface area (Å²) in [5.41, 5.74) is 4.37. The van der Waals surface area contributed by atoms with Crippen LogP contribution in [0, 0.1) is 27.4 Å². The molecule has 5 aromatic rings. The van der Waals surface area contributed by atoms with Crippen molar-refractivity contribution < 1.29 is 37.1 Å². The molecule has 1 amide bonds. The van der Waals surface area contributed by atoms with Gasteiger partial charge in [0.25, 0.3) is 21.6 Å². The molecule has 12 rings (SSSR count). The van der Waals surface area contributed by atoms with Crippen molar-refractivity contribution in [3.8, 4) is 11.6 Å². The van der Waals surface area contributed by atoms with Crippen LogP contribution in [0.4, 0.5) is 28.4 Å². The van der Waals surface area contributed by atoms with Crippen LogP contribution in [0.1, 0.15) is 86.6 Å². The van der Waals surface area contributed by atoms with Crippen LogP contribution in [0.3, 0.4) is 0 Å². The maximum atomic E-state index is 14.7. The zero-order chi connectivity index (χ0) is 48.3. The number of para-hydroxylation sites is 1. The number of carbonyl (C=O) groups excluding carboxylic acids is 1. The summed E-state index contributed by atoms with van der Waals surface area (Å²) in [4.78, 5) is 41.5. The average molecular weight is 987 g/mol. The van der Waals surface area contributed by atoms with Crippen LogP contribution in [0.2, 0.25) is 0 Å². The number of fused-ring (bicyclic) bond motifs is 5. The number of anilines is 4. The van der Waals surface area contributed by atoms with Gasteiger partial charge >= 0.3 is 0 Å². The topological polar surface area (TPSA) is 194 Å². The van der Waals surface area contributed by atoms with Gasteiger partial charge in [0.15, 0.2) is 0 Å². The molecular weight excluding hydrogens is 925 g/mol. The summed E-state index contributed by atoms with van der Waals surface area (Å²) < 4.78 is 54.8. The smallest absolute Gasteiger partial charge is 0.293 e. The van der Waals surface area contributed by atoms with Crippen LogP contribution in [0.15, 0.2) is 83.9 Å². The Bertz CT molecular complexity index is 2950. The quantitative estimate of drug-likeness (QED) is 0.0894. The van der Waals surface area contributed by atoms with E-state index in [2.05, 4.69) is 54.0 Å². The number of H-pyrrole nitrogens is 1. The fourth-order valence-electron chi connectivity index (χ4n) is 13.0. The van der Waals surface area contributed by atoms with Gasteiger partial charge < -0.3 is 39.0 Å². The molecule has 8 heterocycles. The van der Waals surface area contributed by atoms with E-state index in [9.17, 15) is 23.3 Å². The fraction of sp³-hybridized carbons (Fsp3) is 0.509. The van der Waals surface area contributed by atoms with E-state index in [0.717, 1.165) is 87.7 Å². The predicted octanol–water partition coefficient (Wildman–Crippen LogP) is 8.28. The summed E-state index contributed by atoms with van der Waals surface area (Å²) >= 11 is 0. The molecule has 71 heavy (non-hydrogen) atoms.